The molecule has 40 heavy (non-hydrogen) atoms. The Morgan fingerprint density at radius 3 is 1.20 bits per heavy atom. The van der Waals surface area contributed by atoms with Gasteiger partial charge in [0.05, 0.1) is 22.1 Å². The van der Waals surface area contributed by atoms with Crippen molar-refractivity contribution in [3.05, 3.63) is 116 Å². The molecule has 4 N–H and O–H groups in total. The Bertz CT molecular complexity index is 1630. The van der Waals surface area contributed by atoms with Crippen LogP contribution < -0.4 is 9.44 Å². The molecule has 4 rings (SSSR count). The van der Waals surface area contributed by atoms with Gasteiger partial charge in [-0.1, -0.05) is 107 Å². The van der Waals surface area contributed by atoms with Crippen molar-refractivity contribution in [3.63, 3.8) is 0 Å². The van der Waals surface area contributed by atoms with Crippen LogP contribution in [0.1, 0.15) is 23.2 Å². The van der Waals surface area contributed by atoms with Crippen molar-refractivity contribution in [2.24, 2.45) is 0 Å². The molecule has 2 atom stereocenters. The molecular weight excluding hydrogens is 642 g/mol. The highest BCUT2D eigenvalue weighted by atomic mass is 35.5. The zero-order valence-corrected chi connectivity index (χ0v) is 24.8. The zero-order chi connectivity index (χ0) is 29.2. The van der Waals surface area contributed by atoms with Crippen molar-refractivity contribution < 1.29 is 27.0 Å². The Hall–Kier alpha value is -2.54. The number of halogens is 4. The molecule has 0 radical (unpaired) electrons. The van der Waals surface area contributed by atoms with Crippen LogP contribution in [0.3, 0.4) is 0 Å². The third kappa shape index (κ3) is 6.67. The fourth-order valence-electron chi connectivity index (χ4n) is 3.93. The minimum absolute atomic E-state index is 0.0481. The summed E-state index contributed by atoms with van der Waals surface area (Å²) in [5.74, 6) is -1.47. The standard InChI is InChI=1S/C26H20Cl4N2O6S2/c27-17-11-19(29)25(33)21(13-17)39(35,36)31-23(15-7-3-1-4-8-15)24(16-9-5-2-6-10-16)32-40(37,38)22-14-18(28)12-20(30)26(22)34/h1-14,23-24,31-34H/t23-,24-/m1/s1. The first kappa shape index (κ1) is 30.4. The summed E-state index contributed by atoms with van der Waals surface area (Å²) >= 11 is 24.0. The first-order valence-electron chi connectivity index (χ1n) is 11.3. The van der Waals surface area contributed by atoms with Crippen LogP contribution in [0.4, 0.5) is 0 Å². The van der Waals surface area contributed by atoms with E-state index in [1.54, 1.807) is 60.7 Å². The van der Waals surface area contributed by atoms with Gasteiger partial charge in [-0.15, -0.1) is 0 Å². The van der Waals surface area contributed by atoms with E-state index in [-0.39, 0.29) is 20.1 Å². The minimum Gasteiger partial charge on any atom is -0.505 e. The van der Waals surface area contributed by atoms with Crippen LogP contribution in [0.2, 0.25) is 20.1 Å². The molecule has 0 aliphatic carbocycles. The lowest BCUT2D eigenvalue weighted by Crippen LogP contribution is -2.40. The van der Waals surface area contributed by atoms with E-state index in [9.17, 15) is 27.0 Å². The third-order valence-corrected chi connectivity index (χ3v) is 9.70. The van der Waals surface area contributed by atoms with Crippen molar-refractivity contribution >= 4 is 66.5 Å². The Balaban J connectivity index is 1.89. The summed E-state index contributed by atoms with van der Waals surface area (Å²) in [4.78, 5) is -1.22. The van der Waals surface area contributed by atoms with Gasteiger partial charge in [-0.25, -0.2) is 26.3 Å². The molecular formula is C26H20Cl4N2O6S2. The summed E-state index contributed by atoms with van der Waals surface area (Å²) in [7, 11) is -9.15. The van der Waals surface area contributed by atoms with Crippen LogP contribution in [0.25, 0.3) is 0 Å². The van der Waals surface area contributed by atoms with E-state index in [1.807, 2.05) is 0 Å². The summed E-state index contributed by atoms with van der Waals surface area (Å²) < 4.78 is 59.4. The number of nitrogens with one attached hydrogen (secondary N) is 2. The highest BCUT2D eigenvalue weighted by Gasteiger charge is 2.35. The zero-order valence-electron chi connectivity index (χ0n) is 20.1. The fraction of sp³-hybridized carbons (Fsp3) is 0.0769. The molecule has 4 aromatic rings. The van der Waals surface area contributed by atoms with Gasteiger partial charge in [-0.05, 0) is 35.4 Å². The molecule has 0 aliphatic rings. The molecule has 0 bridgehead atoms. The highest BCUT2D eigenvalue weighted by molar-refractivity contribution is 7.90. The highest BCUT2D eigenvalue weighted by Crippen LogP contribution is 2.39. The van der Waals surface area contributed by atoms with Gasteiger partial charge in [-0.2, -0.15) is 0 Å². The maximum atomic E-state index is 13.6. The second-order valence-corrected chi connectivity index (χ2v) is 13.5. The molecule has 0 heterocycles. The lowest BCUT2D eigenvalue weighted by Gasteiger charge is -2.30. The van der Waals surface area contributed by atoms with Crippen molar-refractivity contribution in [1.82, 2.24) is 9.44 Å². The first-order valence-corrected chi connectivity index (χ1v) is 15.8. The van der Waals surface area contributed by atoms with Gasteiger partial charge in [0.2, 0.25) is 20.0 Å². The number of rotatable bonds is 9. The van der Waals surface area contributed by atoms with Gasteiger partial charge in [-0.3, -0.25) is 0 Å². The van der Waals surface area contributed by atoms with Crippen LogP contribution in [0, 0.1) is 0 Å². The monoisotopic (exact) mass is 660 g/mol. The smallest absolute Gasteiger partial charge is 0.244 e. The van der Waals surface area contributed by atoms with Gasteiger partial charge in [0, 0.05) is 10.0 Å². The van der Waals surface area contributed by atoms with E-state index < -0.39 is 53.4 Å². The van der Waals surface area contributed by atoms with Crippen LogP contribution in [-0.2, 0) is 20.0 Å². The SMILES string of the molecule is O=S(=O)(N[C@H](c1ccccc1)[C@H](NS(=O)(=O)c1cc(Cl)cc(Cl)c1O)c1ccccc1)c1cc(Cl)cc(Cl)c1O. The fourth-order valence-corrected chi connectivity index (χ4v) is 7.92. The molecule has 14 heteroatoms. The van der Waals surface area contributed by atoms with Gasteiger partial charge in [0.15, 0.2) is 11.5 Å². The quantitative estimate of drug-likeness (QED) is 0.163. The molecule has 0 amide bonds. The third-order valence-electron chi connectivity index (χ3n) is 5.78. The Kier molecular flexibility index (Phi) is 9.23. The van der Waals surface area contributed by atoms with E-state index in [0.717, 1.165) is 12.1 Å². The van der Waals surface area contributed by atoms with Crippen molar-refractivity contribution in [2.75, 3.05) is 0 Å². The summed E-state index contributed by atoms with van der Waals surface area (Å²) in [6.45, 7) is 0. The van der Waals surface area contributed by atoms with Gasteiger partial charge >= 0.3 is 0 Å². The van der Waals surface area contributed by atoms with E-state index >= 15 is 0 Å². The van der Waals surface area contributed by atoms with Crippen LogP contribution in [-0.4, -0.2) is 27.0 Å². The predicted octanol–water partition coefficient (Wildman–Crippen LogP) is 6.45. The number of phenolic OH excluding ortho intramolecular Hbond substituents is 2. The van der Waals surface area contributed by atoms with Crippen LogP contribution in [0.5, 0.6) is 11.5 Å². The Morgan fingerprint density at radius 1 is 0.550 bits per heavy atom. The van der Waals surface area contributed by atoms with Crippen molar-refractivity contribution in [1.29, 1.82) is 0 Å². The van der Waals surface area contributed by atoms with Gasteiger partial charge < -0.3 is 10.2 Å². The van der Waals surface area contributed by atoms with Gasteiger partial charge in [0.1, 0.15) is 9.79 Å². The van der Waals surface area contributed by atoms with E-state index in [0.29, 0.717) is 11.1 Å². The molecule has 210 valence electrons. The molecule has 0 spiro atoms. The maximum absolute atomic E-state index is 13.6. The van der Waals surface area contributed by atoms with Crippen LogP contribution >= 0.6 is 46.4 Å². The number of aromatic hydroxyl groups is 2. The van der Waals surface area contributed by atoms with Gasteiger partial charge in [0.25, 0.3) is 0 Å². The molecule has 8 nitrogen and oxygen atoms in total. The first-order chi connectivity index (χ1) is 18.8. The number of benzene rings is 4. The number of hydrogen-bond acceptors (Lipinski definition) is 6. The van der Waals surface area contributed by atoms with E-state index in [1.165, 1.54) is 12.1 Å². The molecule has 0 saturated carbocycles. The van der Waals surface area contributed by atoms with E-state index in [4.69, 9.17) is 46.4 Å². The lowest BCUT2D eigenvalue weighted by molar-refractivity contribution is 0.443. The summed E-state index contributed by atoms with van der Waals surface area (Å²) in [6, 6.07) is 18.1. The second kappa shape index (κ2) is 12.1. The predicted molar refractivity (Wildman–Crippen MR) is 155 cm³/mol. The van der Waals surface area contributed by atoms with E-state index in [2.05, 4.69) is 9.44 Å². The average molecular weight is 662 g/mol. The molecule has 4 aromatic carbocycles. The molecule has 0 saturated heterocycles. The number of hydrogen-bond donors (Lipinski definition) is 4. The van der Waals surface area contributed by atoms with Crippen LogP contribution in [0.15, 0.2) is 94.7 Å². The lowest BCUT2D eigenvalue weighted by atomic mass is 9.95. The number of sulfonamides is 2. The summed E-state index contributed by atoms with van der Waals surface area (Å²) in [5.41, 5.74) is 0.729. The summed E-state index contributed by atoms with van der Waals surface area (Å²) in [5, 5.41) is 20.2. The van der Waals surface area contributed by atoms with Crippen molar-refractivity contribution in [3.8, 4) is 11.5 Å². The van der Waals surface area contributed by atoms with Crippen molar-refractivity contribution in [2.45, 2.75) is 21.9 Å². The maximum Gasteiger partial charge on any atom is 0.244 e. The Morgan fingerprint density at radius 2 is 0.875 bits per heavy atom. The number of phenols is 2. The normalized spacial score (nSPS) is 13.6. The molecule has 0 unspecified atom stereocenters. The second-order valence-electron chi connectivity index (χ2n) is 8.49. The largest absolute Gasteiger partial charge is 0.505 e. The molecule has 0 aromatic heterocycles. The molecule has 0 aliphatic heterocycles. The molecule has 0 fully saturated rings. The average Bonchev–Trinajstić information content (AvgIpc) is 2.91. The topological polar surface area (TPSA) is 133 Å². The minimum atomic E-state index is -4.57. The Labute approximate surface area is 251 Å². The summed E-state index contributed by atoms with van der Waals surface area (Å²) in [6.07, 6.45) is 0.